The molecule has 4 heteroatoms. The van der Waals surface area contributed by atoms with Gasteiger partial charge in [-0.3, -0.25) is 0 Å². The first-order valence-corrected chi connectivity index (χ1v) is 4.00. The molecule has 0 heterocycles. The minimum absolute atomic E-state index is 0. The third kappa shape index (κ3) is 5.78. The normalized spacial score (nSPS) is 8.15. The summed E-state index contributed by atoms with van der Waals surface area (Å²) in [5.74, 6) is 0.743. The topological polar surface area (TPSA) is 9.23 Å². The molecule has 1 rings (SSSR count). The van der Waals surface area contributed by atoms with E-state index in [0.717, 1.165) is 12.2 Å². The Morgan fingerprint density at radius 2 is 2.23 bits per heavy atom. The van der Waals surface area contributed by atoms with Gasteiger partial charge in [-0.25, -0.2) is 0 Å². The molecule has 13 heavy (non-hydrogen) atoms. The number of rotatable bonds is 3. The largest absolute Gasteiger partial charge is 2.00 e. The molecule has 68 valence electrons. The molecule has 0 radical (unpaired) electrons. The van der Waals surface area contributed by atoms with Gasteiger partial charge in [0.15, 0.2) is 0 Å². The summed E-state index contributed by atoms with van der Waals surface area (Å²) in [4.78, 5) is 0. The molecule has 0 spiro atoms. The van der Waals surface area contributed by atoms with Crippen molar-refractivity contribution in [3.63, 3.8) is 0 Å². The van der Waals surface area contributed by atoms with Gasteiger partial charge < -0.3 is 21.7 Å². The third-order valence-corrected chi connectivity index (χ3v) is 1.53. The van der Waals surface area contributed by atoms with E-state index >= 15 is 0 Å². The molecule has 0 saturated carbocycles. The van der Waals surface area contributed by atoms with Crippen LogP contribution >= 0.6 is 11.6 Å². The van der Waals surface area contributed by atoms with Crippen molar-refractivity contribution in [2.45, 2.75) is 13.3 Å². The van der Waals surface area contributed by atoms with Gasteiger partial charge in [0.05, 0.1) is 6.61 Å². The van der Waals surface area contributed by atoms with Gasteiger partial charge >= 0.3 is 23.1 Å². The van der Waals surface area contributed by atoms with Gasteiger partial charge in [-0.2, -0.15) is 29.8 Å². The van der Waals surface area contributed by atoms with Crippen LogP contribution < -0.4 is 21.7 Å². The molecule has 1 aromatic rings. The maximum Gasteiger partial charge on any atom is 2.00 e. The summed E-state index contributed by atoms with van der Waals surface area (Å²) in [6.45, 7) is 2.77. The van der Waals surface area contributed by atoms with Crippen LogP contribution in [-0.4, -0.2) is 29.7 Å². The Balaban J connectivity index is 0. The van der Waals surface area contributed by atoms with Crippen LogP contribution in [0.4, 0.5) is 0 Å². The minimum Gasteiger partial charge on any atom is -1.00 e. The molecule has 0 bridgehead atoms. The molecule has 0 saturated heterocycles. The van der Waals surface area contributed by atoms with E-state index in [1.54, 1.807) is 12.1 Å². The summed E-state index contributed by atoms with van der Waals surface area (Å²) in [5, 5.41) is 0.626. The fraction of sp³-hybridized carbons (Fsp3) is 0.333. The first-order valence-electron chi connectivity index (χ1n) is 3.63. The second kappa shape index (κ2) is 9.12. The zero-order chi connectivity index (χ0) is 8.10. The molecule has 0 aliphatic heterocycles. The molecular weight excluding hydrogens is 264 g/mol. The molecule has 0 fully saturated rings. The fourth-order valence-electron chi connectivity index (χ4n) is 0.725. The summed E-state index contributed by atoms with van der Waals surface area (Å²) in [6, 6.07) is 8.17. The smallest absolute Gasteiger partial charge is 1.00 e. The van der Waals surface area contributed by atoms with Gasteiger partial charge in [-0.15, -0.1) is 6.07 Å². The van der Waals surface area contributed by atoms with Gasteiger partial charge in [-0.05, 0) is 11.4 Å². The number of benzene rings is 1. The first-order chi connectivity index (χ1) is 5.34. The molecular formula is C9H10BrClMgO. The predicted octanol–water partition coefficient (Wildman–Crippen LogP) is -0.448. The fourth-order valence-corrected chi connectivity index (χ4v) is 0.905. The molecule has 0 unspecified atom stereocenters. The monoisotopic (exact) mass is 272 g/mol. The second-order valence-corrected chi connectivity index (χ2v) is 2.61. The maximum absolute atomic E-state index is 5.80. The Kier molecular flexibility index (Phi) is 11.2. The average molecular weight is 274 g/mol. The van der Waals surface area contributed by atoms with E-state index < -0.39 is 0 Å². The third-order valence-electron chi connectivity index (χ3n) is 1.24. The van der Waals surface area contributed by atoms with E-state index in [0.29, 0.717) is 11.6 Å². The Labute approximate surface area is 111 Å². The van der Waals surface area contributed by atoms with Crippen LogP contribution in [0.3, 0.4) is 0 Å². The first kappa shape index (κ1) is 16.0. The van der Waals surface area contributed by atoms with Crippen molar-refractivity contribution < 1.29 is 21.7 Å². The molecule has 0 N–H and O–H groups in total. The quantitative estimate of drug-likeness (QED) is 0.536. The van der Waals surface area contributed by atoms with Gasteiger partial charge in [-0.1, -0.05) is 6.92 Å². The van der Waals surface area contributed by atoms with E-state index in [2.05, 4.69) is 13.0 Å². The van der Waals surface area contributed by atoms with E-state index in [9.17, 15) is 0 Å². The van der Waals surface area contributed by atoms with Crippen molar-refractivity contribution in [2.75, 3.05) is 6.61 Å². The van der Waals surface area contributed by atoms with Crippen molar-refractivity contribution in [2.24, 2.45) is 0 Å². The van der Waals surface area contributed by atoms with Crippen LogP contribution in [0.2, 0.25) is 5.02 Å². The van der Waals surface area contributed by atoms with E-state index in [-0.39, 0.29) is 40.0 Å². The maximum atomic E-state index is 5.80. The summed E-state index contributed by atoms with van der Waals surface area (Å²) >= 11 is 5.80. The summed E-state index contributed by atoms with van der Waals surface area (Å²) in [7, 11) is 0. The van der Waals surface area contributed by atoms with E-state index in [1.165, 1.54) is 0 Å². The minimum atomic E-state index is 0. The summed E-state index contributed by atoms with van der Waals surface area (Å²) in [5.41, 5.74) is 0. The van der Waals surface area contributed by atoms with Crippen LogP contribution in [0.15, 0.2) is 18.2 Å². The van der Waals surface area contributed by atoms with Gasteiger partial charge in [0.25, 0.3) is 0 Å². The van der Waals surface area contributed by atoms with Crippen LogP contribution in [0.5, 0.6) is 5.75 Å². The number of hydrogen-bond acceptors (Lipinski definition) is 1. The van der Waals surface area contributed by atoms with Crippen LogP contribution in [0.25, 0.3) is 0 Å². The molecule has 0 aromatic heterocycles. The Bertz CT molecular complexity index is 233. The summed E-state index contributed by atoms with van der Waals surface area (Å²) in [6.07, 6.45) is 0.995. The van der Waals surface area contributed by atoms with Crippen LogP contribution in [0.1, 0.15) is 13.3 Å². The molecule has 0 amide bonds. The van der Waals surface area contributed by atoms with Crippen molar-refractivity contribution >= 4 is 34.7 Å². The van der Waals surface area contributed by atoms with Gasteiger partial charge in [0.2, 0.25) is 0 Å². The molecule has 1 nitrogen and oxygen atoms in total. The second-order valence-electron chi connectivity index (χ2n) is 2.20. The van der Waals surface area contributed by atoms with Crippen molar-refractivity contribution in [1.82, 2.24) is 0 Å². The summed E-state index contributed by atoms with van der Waals surface area (Å²) < 4.78 is 5.33. The predicted molar refractivity (Wildman–Crippen MR) is 51.8 cm³/mol. The van der Waals surface area contributed by atoms with Gasteiger partial charge in [0.1, 0.15) is 0 Å². The standard InChI is InChI=1S/C9H10ClO.BrH.Mg/c1-2-7-11-9-6-4-3-5-8(9)10;;/h4-6H,2,7H2,1H3;1H;/q-1;;+2/p-1. The SMILES string of the molecule is CCCOc1cc[c-]cc1Cl.[Br-].[Mg+2]. The van der Waals surface area contributed by atoms with E-state index in [1.807, 2.05) is 6.07 Å². The Hall–Kier alpha value is 0.556. The van der Waals surface area contributed by atoms with Crippen molar-refractivity contribution in [3.05, 3.63) is 29.3 Å². The Morgan fingerprint density at radius 3 is 2.77 bits per heavy atom. The van der Waals surface area contributed by atoms with Gasteiger partial charge in [0, 0.05) is 5.75 Å². The zero-order valence-electron chi connectivity index (χ0n) is 7.52. The van der Waals surface area contributed by atoms with E-state index in [4.69, 9.17) is 16.3 Å². The van der Waals surface area contributed by atoms with Crippen LogP contribution in [0, 0.1) is 6.07 Å². The zero-order valence-corrected chi connectivity index (χ0v) is 11.3. The number of hydrogen-bond donors (Lipinski definition) is 0. The average Bonchev–Trinajstić information content (AvgIpc) is 2.03. The van der Waals surface area contributed by atoms with Crippen molar-refractivity contribution in [3.8, 4) is 5.75 Å². The van der Waals surface area contributed by atoms with Crippen LogP contribution in [-0.2, 0) is 0 Å². The van der Waals surface area contributed by atoms with Crippen molar-refractivity contribution in [1.29, 1.82) is 0 Å². The molecule has 1 aromatic carbocycles. The molecule has 0 aliphatic rings. The molecule has 0 atom stereocenters. The number of ether oxygens (including phenoxy) is 1. The number of halogens is 2. The molecule has 0 aliphatic carbocycles. The Morgan fingerprint density at radius 1 is 1.54 bits per heavy atom.